The molecule has 2 heterocycles. The van der Waals surface area contributed by atoms with Crippen LogP contribution in [-0.2, 0) is 18.0 Å². The van der Waals surface area contributed by atoms with Crippen molar-refractivity contribution in [2.24, 2.45) is 11.8 Å². The van der Waals surface area contributed by atoms with Crippen molar-refractivity contribution < 1.29 is 9.53 Å². The van der Waals surface area contributed by atoms with E-state index in [9.17, 15) is 4.79 Å². The number of benzene rings is 1. The van der Waals surface area contributed by atoms with Gasteiger partial charge in [0.25, 0.3) is 5.91 Å². The molecule has 2 aliphatic rings. The molecule has 1 aromatic carbocycles. The van der Waals surface area contributed by atoms with E-state index < -0.39 is 0 Å². The summed E-state index contributed by atoms with van der Waals surface area (Å²) in [4.78, 5) is 12.2. The van der Waals surface area contributed by atoms with Crippen LogP contribution in [0.25, 0.3) is 0 Å². The Morgan fingerprint density at radius 2 is 2.25 bits per heavy atom. The van der Waals surface area contributed by atoms with Gasteiger partial charge in [0.2, 0.25) is 0 Å². The smallest absolute Gasteiger partial charge is 0.251 e. The van der Waals surface area contributed by atoms with Gasteiger partial charge in [-0.3, -0.25) is 4.79 Å². The van der Waals surface area contributed by atoms with Crippen LogP contribution in [0.2, 0.25) is 0 Å². The van der Waals surface area contributed by atoms with Crippen LogP contribution in [0.4, 0.5) is 0 Å². The van der Waals surface area contributed by atoms with Gasteiger partial charge in [-0.05, 0) is 54.6 Å². The second-order valence-corrected chi connectivity index (χ2v) is 5.92. The minimum Gasteiger partial charge on any atom is -0.372 e. The summed E-state index contributed by atoms with van der Waals surface area (Å²) < 4.78 is 5.38. The lowest BCUT2D eigenvalue weighted by Crippen LogP contribution is -2.42. The summed E-state index contributed by atoms with van der Waals surface area (Å²) in [5, 5.41) is 6.47. The average molecular weight is 274 g/mol. The Bertz CT molecular complexity index is 501. The van der Waals surface area contributed by atoms with Crippen molar-refractivity contribution in [3.05, 3.63) is 34.9 Å². The highest BCUT2D eigenvalue weighted by molar-refractivity contribution is 5.94. The van der Waals surface area contributed by atoms with E-state index in [1.54, 1.807) is 0 Å². The fourth-order valence-electron chi connectivity index (χ4n) is 2.97. The van der Waals surface area contributed by atoms with Gasteiger partial charge in [-0.1, -0.05) is 13.0 Å². The first-order valence-corrected chi connectivity index (χ1v) is 7.42. The van der Waals surface area contributed by atoms with Crippen molar-refractivity contribution in [1.82, 2.24) is 10.6 Å². The number of carbonyl (C=O) groups is 1. The van der Waals surface area contributed by atoms with Crippen LogP contribution in [-0.4, -0.2) is 25.5 Å². The second kappa shape index (κ2) is 5.94. The summed E-state index contributed by atoms with van der Waals surface area (Å²) in [6, 6.07) is 5.85. The number of ether oxygens (including phenoxy) is 1. The molecule has 1 fully saturated rings. The van der Waals surface area contributed by atoms with Gasteiger partial charge < -0.3 is 15.4 Å². The van der Waals surface area contributed by atoms with Crippen molar-refractivity contribution in [1.29, 1.82) is 0 Å². The van der Waals surface area contributed by atoms with E-state index in [1.807, 2.05) is 18.2 Å². The molecule has 4 nitrogen and oxygen atoms in total. The predicted octanol–water partition coefficient (Wildman–Crippen LogP) is 1.69. The Balaban J connectivity index is 1.59. The first-order valence-electron chi connectivity index (χ1n) is 7.42. The van der Waals surface area contributed by atoms with Crippen LogP contribution in [0.5, 0.6) is 0 Å². The number of fused-ring (bicyclic) bond motifs is 1. The van der Waals surface area contributed by atoms with E-state index >= 15 is 0 Å². The van der Waals surface area contributed by atoms with E-state index in [1.165, 1.54) is 12.0 Å². The molecule has 2 atom stereocenters. The standard InChI is InChI=1S/C16H22N2O2/c1-11-4-5-17-7-15(11)8-18-16(19)12-2-3-13-9-20-10-14(13)6-12/h2-3,6,11,15,17H,4-5,7-10H2,1H3,(H,18,19). The van der Waals surface area contributed by atoms with Gasteiger partial charge in [-0.2, -0.15) is 0 Å². The number of amides is 1. The Morgan fingerprint density at radius 1 is 1.40 bits per heavy atom. The highest BCUT2D eigenvalue weighted by Crippen LogP contribution is 2.21. The quantitative estimate of drug-likeness (QED) is 0.882. The molecule has 0 bridgehead atoms. The molecular formula is C16H22N2O2. The Morgan fingerprint density at radius 3 is 3.10 bits per heavy atom. The highest BCUT2D eigenvalue weighted by atomic mass is 16.5. The van der Waals surface area contributed by atoms with Gasteiger partial charge in [-0.15, -0.1) is 0 Å². The molecule has 3 rings (SSSR count). The molecule has 20 heavy (non-hydrogen) atoms. The molecule has 4 heteroatoms. The minimum atomic E-state index is 0.0254. The zero-order valence-corrected chi connectivity index (χ0v) is 11.9. The summed E-state index contributed by atoms with van der Waals surface area (Å²) >= 11 is 0. The molecule has 2 aliphatic heterocycles. The lowest BCUT2D eigenvalue weighted by atomic mass is 9.88. The maximum Gasteiger partial charge on any atom is 0.251 e. The number of rotatable bonds is 3. The van der Waals surface area contributed by atoms with Gasteiger partial charge in [0.15, 0.2) is 0 Å². The number of hydrogen-bond acceptors (Lipinski definition) is 3. The van der Waals surface area contributed by atoms with Gasteiger partial charge in [0, 0.05) is 12.1 Å². The third kappa shape index (κ3) is 2.86. The number of carbonyl (C=O) groups excluding carboxylic acids is 1. The molecule has 1 amide bonds. The minimum absolute atomic E-state index is 0.0254. The van der Waals surface area contributed by atoms with Crippen molar-refractivity contribution in [3.8, 4) is 0 Å². The monoisotopic (exact) mass is 274 g/mol. The summed E-state index contributed by atoms with van der Waals surface area (Å²) in [7, 11) is 0. The SMILES string of the molecule is CC1CCNCC1CNC(=O)c1ccc2c(c1)COC2. The molecule has 0 spiro atoms. The highest BCUT2D eigenvalue weighted by Gasteiger charge is 2.22. The maximum absolute atomic E-state index is 12.2. The molecule has 0 saturated carbocycles. The van der Waals surface area contributed by atoms with E-state index in [2.05, 4.69) is 17.6 Å². The van der Waals surface area contributed by atoms with E-state index in [4.69, 9.17) is 4.74 Å². The fourth-order valence-corrected chi connectivity index (χ4v) is 2.97. The summed E-state index contributed by atoms with van der Waals surface area (Å²) in [6.07, 6.45) is 1.19. The zero-order chi connectivity index (χ0) is 13.9. The van der Waals surface area contributed by atoms with E-state index in [-0.39, 0.29) is 5.91 Å². The zero-order valence-electron chi connectivity index (χ0n) is 11.9. The Kier molecular flexibility index (Phi) is 4.03. The van der Waals surface area contributed by atoms with Gasteiger partial charge in [0.1, 0.15) is 0 Å². The van der Waals surface area contributed by atoms with Gasteiger partial charge in [-0.25, -0.2) is 0 Å². The second-order valence-electron chi connectivity index (χ2n) is 5.92. The number of hydrogen-bond donors (Lipinski definition) is 2. The molecule has 1 saturated heterocycles. The molecule has 0 aliphatic carbocycles. The molecule has 0 aromatic heterocycles. The van der Waals surface area contributed by atoms with Crippen LogP contribution < -0.4 is 10.6 Å². The summed E-state index contributed by atoms with van der Waals surface area (Å²) in [5.41, 5.74) is 3.09. The van der Waals surface area contributed by atoms with E-state index in [0.29, 0.717) is 25.0 Å². The predicted molar refractivity (Wildman–Crippen MR) is 77.4 cm³/mol. The lowest BCUT2D eigenvalue weighted by molar-refractivity contribution is 0.0938. The maximum atomic E-state index is 12.2. The van der Waals surface area contributed by atoms with Crippen molar-refractivity contribution >= 4 is 5.91 Å². The van der Waals surface area contributed by atoms with Crippen LogP contribution in [0, 0.1) is 11.8 Å². The topological polar surface area (TPSA) is 50.4 Å². The Hall–Kier alpha value is -1.39. The molecule has 0 radical (unpaired) electrons. The molecule has 2 N–H and O–H groups in total. The number of nitrogens with one attached hydrogen (secondary N) is 2. The third-order valence-corrected chi connectivity index (χ3v) is 4.50. The van der Waals surface area contributed by atoms with Crippen LogP contribution >= 0.6 is 0 Å². The average Bonchev–Trinajstić information content (AvgIpc) is 2.93. The van der Waals surface area contributed by atoms with Gasteiger partial charge in [0.05, 0.1) is 13.2 Å². The third-order valence-electron chi connectivity index (χ3n) is 4.50. The fraction of sp³-hybridized carbons (Fsp3) is 0.562. The van der Waals surface area contributed by atoms with Gasteiger partial charge >= 0.3 is 0 Å². The van der Waals surface area contributed by atoms with Crippen LogP contribution in [0.3, 0.4) is 0 Å². The van der Waals surface area contributed by atoms with Crippen LogP contribution in [0.15, 0.2) is 18.2 Å². The van der Waals surface area contributed by atoms with E-state index in [0.717, 1.165) is 30.8 Å². The first-order chi connectivity index (χ1) is 9.74. The van der Waals surface area contributed by atoms with Crippen molar-refractivity contribution in [2.75, 3.05) is 19.6 Å². The largest absolute Gasteiger partial charge is 0.372 e. The number of piperidine rings is 1. The summed E-state index contributed by atoms with van der Waals surface area (Å²) in [5.74, 6) is 1.23. The lowest BCUT2D eigenvalue weighted by Gasteiger charge is -2.29. The van der Waals surface area contributed by atoms with Crippen LogP contribution in [0.1, 0.15) is 34.8 Å². The first kappa shape index (κ1) is 13.6. The normalized spacial score (nSPS) is 25.2. The Labute approximate surface area is 119 Å². The molecule has 2 unspecified atom stereocenters. The molecule has 1 aromatic rings. The van der Waals surface area contributed by atoms with Crippen molar-refractivity contribution in [2.45, 2.75) is 26.6 Å². The van der Waals surface area contributed by atoms with Crippen molar-refractivity contribution in [3.63, 3.8) is 0 Å². The molecular weight excluding hydrogens is 252 g/mol. The molecule has 108 valence electrons. The summed E-state index contributed by atoms with van der Waals surface area (Å²) in [6.45, 7) is 6.41.